The Morgan fingerprint density at radius 3 is 1.64 bits per heavy atom. The van der Waals surface area contributed by atoms with Gasteiger partial charge in [0.2, 0.25) is 0 Å². The molecule has 0 amide bonds. The number of para-hydroxylation sites is 1. The smallest absolute Gasteiger partial charge is 0.166 e. The Morgan fingerprint density at radius 2 is 1.00 bits per heavy atom. The van der Waals surface area contributed by atoms with Crippen molar-refractivity contribution < 1.29 is 8.78 Å². The number of rotatable bonds is 6. The van der Waals surface area contributed by atoms with E-state index in [4.69, 9.17) is 15.0 Å². The maximum absolute atomic E-state index is 15.4. The molecule has 0 aliphatic rings. The lowest BCUT2D eigenvalue weighted by Crippen LogP contribution is -2.04. The lowest BCUT2D eigenvalue weighted by atomic mass is 9.99. The second-order valence-electron chi connectivity index (χ2n) is 13.0. The summed E-state index contributed by atoms with van der Waals surface area (Å²) in [6.07, 6.45) is 0. The molecule has 7 aromatic carbocycles. The molecule has 2 heterocycles. The zero-order chi connectivity index (χ0) is 37.5. The molecule has 0 saturated heterocycles. The molecule has 0 atom stereocenters. The highest BCUT2D eigenvalue weighted by atomic mass is 19.1. The van der Waals surface area contributed by atoms with E-state index in [0.29, 0.717) is 45.4 Å². The van der Waals surface area contributed by atoms with Gasteiger partial charge in [0.15, 0.2) is 17.5 Å². The molecule has 2 aromatic heterocycles. The van der Waals surface area contributed by atoms with Crippen LogP contribution >= 0.6 is 0 Å². The van der Waals surface area contributed by atoms with Crippen molar-refractivity contribution in [1.29, 1.82) is 10.5 Å². The third-order valence-electron chi connectivity index (χ3n) is 9.63. The van der Waals surface area contributed by atoms with Gasteiger partial charge in [-0.1, -0.05) is 103 Å². The van der Waals surface area contributed by atoms with Gasteiger partial charge in [0.25, 0.3) is 0 Å². The predicted octanol–water partition coefficient (Wildman–Crippen LogP) is 11.3. The van der Waals surface area contributed by atoms with Crippen LogP contribution in [0, 0.1) is 34.3 Å². The van der Waals surface area contributed by atoms with Crippen LogP contribution in [0.4, 0.5) is 8.78 Å². The molecule has 55 heavy (non-hydrogen) atoms. The first-order valence-corrected chi connectivity index (χ1v) is 17.4. The second kappa shape index (κ2) is 13.6. The van der Waals surface area contributed by atoms with E-state index in [1.807, 2.05) is 109 Å². The van der Waals surface area contributed by atoms with Gasteiger partial charge < -0.3 is 4.57 Å². The van der Waals surface area contributed by atoms with Crippen molar-refractivity contribution in [2.24, 2.45) is 0 Å². The van der Waals surface area contributed by atoms with Crippen LogP contribution in [0.3, 0.4) is 0 Å². The first kappa shape index (κ1) is 33.1. The van der Waals surface area contributed by atoms with E-state index in [0.717, 1.165) is 44.1 Å². The van der Waals surface area contributed by atoms with Crippen molar-refractivity contribution in [3.63, 3.8) is 0 Å². The van der Waals surface area contributed by atoms with E-state index in [9.17, 15) is 10.5 Å². The number of fused-ring (bicyclic) bond motifs is 3. The summed E-state index contributed by atoms with van der Waals surface area (Å²) >= 11 is 0. The summed E-state index contributed by atoms with van der Waals surface area (Å²) in [5, 5.41) is 21.4. The number of nitrogens with zero attached hydrogens (tertiary/aromatic N) is 6. The highest BCUT2D eigenvalue weighted by Gasteiger charge is 2.22. The molecular weight excluding hydrogens is 687 g/mol. The number of hydrogen-bond acceptors (Lipinski definition) is 5. The first-order chi connectivity index (χ1) is 27.0. The number of halogens is 2. The van der Waals surface area contributed by atoms with Crippen molar-refractivity contribution in [1.82, 2.24) is 19.5 Å². The van der Waals surface area contributed by atoms with Crippen molar-refractivity contribution in [3.8, 4) is 74.2 Å². The Labute approximate surface area is 314 Å². The molecule has 0 spiro atoms. The summed E-state index contributed by atoms with van der Waals surface area (Å²) in [5.41, 5.74) is 6.88. The third-order valence-corrected chi connectivity index (χ3v) is 9.63. The highest BCUT2D eigenvalue weighted by Crippen LogP contribution is 2.40. The standard InChI is InChI=1S/C47H26F2N6/c48-39-15-9-16-40(49)44(39)34-19-21-42(38(25-34)47-53-45(31-10-3-1-4-11-31)52-46(54-47)32-12-5-2-6-13-32)55-41-17-8-7-14-36(41)37-20-18-33(26-43(37)55)35-23-29(27-50)22-30(24-35)28-51/h1-26H. The minimum Gasteiger partial charge on any atom is -0.308 e. The van der Waals surface area contributed by atoms with Crippen molar-refractivity contribution >= 4 is 21.8 Å². The zero-order valence-corrected chi connectivity index (χ0v) is 29.0. The predicted molar refractivity (Wildman–Crippen MR) is 211 cm³/mol. The molecule has 0 N–H and O–H groups in total. The number of nitriles is 2. The molecule has 0 fully saturated rings. The number of hydrogen-bond donors (Lipinski definition) is 0. The molecule has 9 aromatic rings. The van der Waals surface area contributed by atoms with Gasteiger partial charge in [0.1, 0.15) is 11.6 Å². The zero-order valence-electron chi connectivity index (χ0n) is 29.0. The fourth-order valence-electron chi connectivity index (χ4n) is 7.10. The minimum absolute atomic E-state index is 0.161. The Bertz CT molecular complexity index is 2920. The quantitative estimate of drug-likeness (QED) is 0.171. The molecular formula is C47H26F2N6. The minimum atomic E-state index is -0.692. The van der Waals surface area contributed by atoms with Crippen LogP contribution in [-0.2, 0) is 0 Å². The van der Waals surface area contributed by atoms with Gasteiger partial charge in [-0.15, -0.1) is 0 Å². The van der Waals surface area contributed by atoms with Gasteiger partial charge >= 0.3 is 0 Å². The second-order valence-corrected chi connectivity index (χ2v) is 13.0. The molecule has 0 bridgehead atoms. The summed E-state index contributed by atoms with van der Waals surface area (Å²) in [5.74, 6) is -0.200. The van der Waals surface area contributed by atoms with Crippen LogP contribution in [0.2, 0.25) is 0 Å². The third kappa shape index (κ3) is 5.94. The van der Waals surface area contributed by atoms with Gasteiger partial charge in [0.05, 0.1) is 45.5 Å². The van der Waals surface area contributed by atoms with Crippen LogP contribution in [-0.4, -0.2) is 19.5 Å². The average Bonchev–Trinajstić information content (AvgIpc) is 3.57. The van der Waals surface area contributed by atoms with Gasteiger partial charge in [-0.2, -0.15) is 10.5 Å². The number of aromatic nitrogens is 4. The van der Waals surface area contributed by atoms with Gasteiger partial charge in [-0.25, -0.2) is 23.7 Å². The van der Waals surface area contributed by atoms with Crippen LogP contribution in [0.1, 0.15) is 11.1 Å². The summed E-state index contributed by atoms with van der Waals surface area (Å²) in [7, 11) is 0. The van der Waals surface area contributed by atoms with E-state index in [-0.39, 0.29) is 5.56 Å². The largest absolute Gasteiger partial charge is 0.308 e. The summed E-state index contributed by atoms with van der Waals surface area (Å²) in [6.45, 7) is 0. The highest BCUT2D eigenvalue weighted by molar-refractivity contribution is 6.10. The molecule has 0 unspecified atom stereocenters. The number of benzene rings is 7. The summed E-state index contributed by atoms with van der Waals surface area (Å²) in [4.78, 5) is 14.9. The molecule has 0 aliphatic heterocycles. The molecule has 0 aliphatic carbocycles. The molecule has 0 radical (unpaired) electrons. The van der Waals surface area contributed by atoms with Crippen LogP contribution < -0.4 is 0 Å². The van der Waals surface area contributed by atoms with Crippen LogP contribution in [0.15, 0.2) is 158 Å². The van der Waals surface area contributed by atoms with Gasteiger partial charge in [0, 0.05) is 27.5 Å². The van der Waals surface area contributed by atoms with Crippen LogP contribution in [0.25, 0.3) is 83.9 Å². The normalized spacial score (nSPS) is 11.1. The topological polar surface area (TPSA) is 91.2 Å². The lowest BCUT2D eigenvalue weighted by Gasteiger charge is -2.17. The fourth-order valence-corrected chi connectivity index (χ4v) is 7.10. The maximum Gasteiger partial charge on any atom is 0.166 e. The molecule has 258 valence electrons. The Hall–Kier alpha value is -7.81. The molecule has 0 saturated carbocycles. The summed E-state index contributed by atoms with van der Waals surface area (Å²) < 4.78 is 32.9. The molecule has 6 nitrogen and oxygen atoms in total. The van der Waals surface area contributed by atoms with E-state index >= 15 is 8.78 Å². The first-order valence-electron chi connectivity index (χ1n) is 17.4. The maximum atomic E-state index is 15.4. The van der Waals surface area contributed by atoms with Crippen LogP contribution in [0.5, 0.6) is 0 Å². The van der Waals surface area contributed by atoms with Crippen molar-refractivity contribution in [2.75, 3.05) is 0 Å². The van der Waals surface area contributed by atoms with E-state index < -0.39 is 11.6 Å². The molecule has 8 heteroatoms. The monoisotopic (exact) mass is 712 g/mol. The van der Waals surface area contributed by atoms with Gasteiger partial charge in [-0.3, -0.25) is 0 Å². The Kier molecular flexibility index (Phi) is 8.19. The molecule has 9 rings (SSSR count). The van der Waals surface area contributed by atoms with E-state index in [1.165, 1.54) is 18.2 Å². The van der Waals surface area contributed by atoms with E-state index in [2.05, 4.69) is 16.7 Å². The lowest BCUT2D eigenvalue weighted by molar-refractivity contribution is 0.589. The van der Waals surface area contributed by atoms with Gasteiger partial charge in [-0.05, 0) is 71.3 Å². The van der Waals surface area contributed by atoms with Crippen molar-refractivity contribution in [2.45, 2.75) is 0 Å². The van der Waals surface area contributed by atoms with Crippen molar-refractivity contribution in [3.05, 3.63) is 180 Å². The average molecular weight is 713 g/mol. The Morgan fingerprint density at radius 1 is 0.436 bits per heavy atom. The van der Waals surface area contributed by atoms with E-state index in [1.54, 1.807) is 30.3 Å². The SMILES string of the molecule is N#Cc1cc(C#N)cc(-c2ccc3c4ccccc4n(-c4ccc(-c5c(F)cccc5F)cc4-c4nc(-c5ccccc5)nc(-c5ccccc5)n4)c3c2)c1. The fraction of sp³-hybridized carbons (Fsp3) is 0. The Balaban J connectivity index is 1.37. The summed E-state index contributed by atoms with van der Waals surface area (Å²) in [6, 6.07) is 51.7.